The molecule has 1 atom stereocenters. The van der Waals surface area contributed by atoms with Gasteiger partial charge in [-0.3, -0.25) is 4.79 Å². The fourth-order valence-electron chi connectivity index (χ4n) is 1.63. The average Bonchev–Trinajstić information content (AvgIpc) is 2.66. The third kappa shape index (κ3) is 4.61. The Balaban J connectivity index is 2.34. The van der Waals surface area contributed by atoms with Crippen molar-refractivity contribution in [1.29, 1.82) is 0 Å². The van der Waals surface area contributed by atoms with Crippen LogP contribution in [0.1, 0.15) is 19.3 Å². The van der Waals surface area contributed by atoms with Gasteiger partial charge in [-0.1, -0.05) is 0 Å². The number of esters is 1. The molecule has 1 aliphatic heterocycles. The number of carbonyl (C=O) groups is 1. The molecule has 1 N–H and O–H groups in total. The predicted octanol–water partition coefficient (Wildman–Crippen LogP) is -0.284. The van der Waals surface area contributed by atoms with Crippen LogP contribution < -0.4 is 5.32 Å². The van der Waals surface area contributed by atoms with Gasteiger partial charge in [0.25, 0.3) is 0 Å². The zero-order valence-corrected chi connectivity index (χ0v) is 9.68. The highest BCUT2D eigenvalue weighted by Crippen LogP contribution is 2.08. The lowest BCUT2D eigenvalue weighted by atomic mass is 10.3. The van der Waals surface area contributed by atoms with E-state index in [1.54, 1.807) is 0 Å². The van der Waals surface area contributed by atoms with Crippen LogP contribution in [0, 0.1) is 0 Å². The van der Waals surface area contributed by atoms with E-state index in [4.69, 9.17) is 0 Å². The molecule has 1 aliphatic rings. The van der Waals surface area contributed by atoms with Crippen molar-refractivity contribution in [3.63, 3.8) is 0 Å². The molecule has 0 bridgehead atoms. The Morgan fingerprint density at radius 1 is 1.53 bits per heavy atom. The topological polar surface area (TPSA) is 72.5 Å². The van der Waals surface area contributed by atoms with E-state index in [1.807, 2.05) is 0 Å². The number of nitrogens with one attached hydrogen (secondary N) is 1. The van der Waals surface area contributed by atoms with Gasteiger partial charge >= 0.3 is 5.97 Å². The van der Waals surface area contributed by atoms with Gasteiger partial charge in [0, 0.05) is 6.04 Å². The van der Waals surface area contributed by atoms with Crippen LogP contribution in [0.5, 0.6) is 0 Å². The van der Waals surface area contributed by atoms with Crippen LogP contribution in [0.3, 0.4) is 0 Å². The van der Waals surface area contributed by atoms with Crippen LogP contribution in [-0.2, 0) is 19.4 Å². The highest BCUT2D eigenvalue weighted by molar-refractivity contribution is 7.91. The first-order valence-corrected chi connectivity index (χ1v) is 6.86. The van der Waals surface area contributed by atoms with Crippen LogP contribution >= 0.6 is 0 Å². The molecular weight excluding hydrogens is 218 g/mol. The Morgan fingerprint density at radius 3 is 2.80 bits per heavy atom. The lowest BCUT2D eigenvalue weighted by Crippen LogP contribution is -2.31. The van der Waals surface area contributed by atoms with Gasteiger partial charge in [0.1, 0.15) is 0 Å². The van der Waals surface area contributed by atoms with E-state index in [-0.39, 0.29) is 24.0 Å². The van der Waals surface area contributed by atoms with E-state index >= 15 is 0 Å². The Hall–Kier alpha value is -0.620. The van der Waals surface area contributed by atoms with Gasteiger partial charge in [-0.2, -0.15) is 0 Å². The maximum absolute atomic E-state index is 11.6. The molecule has 0 saturated carbocycles. The van der Waals surface area contributed by atoms with Crippen molar-refractivity contribution in [2.24, 2.45) is 0 Å². The number of ether oxygens (including phenoxy) is 1. The Bertz CT molecular complexity index is 306. The number of methoxy groups -OCH3 is 1. The van der Waals surface area contributed by atoms with Crippen molar-refractivity contribution in [1.82, 2.24) is 5.32 Å². The first-order chi connectivity index (χ1) is 7.03. The molecule has 0 aliphatic carbocycles. The van der Waals surface area contributed by atoms with E-state index in [9.17, 15) is 13.2 Å². The molecule has 88 valence electrons. The largest absolute Gasteiger partial charge is 0.469 e. The summed E-state index contributed by atoms with van der Waals surface area (Å²) in [5, 5.41) is 3.12. The van der Waals surface area contributed by atoms with Gasteiger partial charge < -0.3 is 10.1 Å². The van der Waals surface area contributed by atoms with Crippen molar-refractivity contribution >= 4 is 15.8 Å². The minimum atomic E-state index is -3.13. The van der Waals surface area contributed by atoms with Crippen molar-refractivity contribution in [2.75, 3.05) is 25.2 Å². The standard InChI is InChI=1S/C9H17NO4S/c1-14-9(11)4-6-15(12,13)7-8-3-2-5-10-8/h8,10H,2-7H2,1H3/t8-/m0/s1. The molecule has 0 aromatic rings. The molecule has 1 saturated heterocycles. The molecule has 0 aromatic carbocycles. The van der Waals surface area contributed by atoms with Crippen LogP contribution in [0.15, 0.2) is 0 Å². The number of hydrogen-bond acceptors (Lipinski definition) is 5. The van der Waals surface area contributed by atoms with Crippen molar-refractivity contribution in [3.8, 4) is 0 Å². The first-order valence-electron chi connectivity index (χ1n) is 5.04. The molecule has 6 heteroatoms. The normalized spacial score (nSPS) is 21.5. The third-order valence-corrected chi connectivity index (χ3v) is 4.20. The van der Waals surface area contributed by atoms with Crippen LogP contribution in [0.2, 0.25) is 0 Å². The van der Waals surface area contributed by atoms with E-state index in [1.165, 1.54) is 7.11 Å². The Kier molecular flexibility index (Phi) is 4.53. The van der Waals surface area contributed by atoms with Crippen molar-refractivity contribution in [2.45, 2.75) is 25.3 Å². The molecule has 1 fully saturated rings. The van der Waals surface area contributed by atoms with E-state index in [0.29, 0.717) is 0 Å². The van der Waals surface area contributed by atoms with Gasteiger partial charge in [-0.25, -0.2) is 8.42 Å². The molecule has 15 heavy (non-hydrogen) atoms. The second-order valence-electron chi connectivity index (χ2n) is 3.73. The molecule has 5 nitrogen and oxygen atoms in total. The summed E-state index contributed by atoms with van der Waals surface area (Å²) in [6.45, 7) is 0.886. The summed E-state index contributed by atoms with van der Waals surface area (Å²) in [5.41, 5.74) is 0. The lowest BCUT2D eigenvalue weighted by molar-refractivity contribution is -0.140. The van der Waals surface area contributed by atoms with E-state index < -0.39 is 15.8 Å². The van der Waals surface area contributed by atoms with Crippen molar-refractivity contribution in [3.05, 3.63) is 0 Å². The van der Waals surface area contributed by atoms with E-state index in [2.05, 4.69) is 10.1 Å². The van der Waals surface area contributed by atoms with Crippen LogP contribution in [-0.4, -0.2) is 45.6 Å². The quantitative estimate of drug-likeness (QED) is 0.663. The minimum Gasteiger partial charge on any atom is -0.469 e. The number of carbonyl (C=O) groups excluding carboxylic acids is 1. The molecule has 0 spiro atoms. The van der Waals surface area contributed by atoms with Crippen LogP contribution in [0.25, 0.3) is 0 Å². The zero-order chi connectivity index (χ0) is 11.3. The summed E-state index contributed by atoms with van der Waals surface area (Å²) < 4.78 is 27.5. The fourth-order valence-corrected chi connectivity index (χ4v) is 3.17. The number of rotatable bonds is 5. The third-order valence-electron chi connectivity index (χ3n) is 2.46. The van der Waals surface area contributed by atoms with Crippen LogP contribution in [0.4, 0.5) is 0 Å². The predicted molar refractivity (Wildman–Crippen MR) is 56.3 cm³/mol. The fraction of sp³-hybridized carbons (Fsp3) is 0.889. The van der Waals surface area contributed by atoms with Gasteiger partial charge in [0.05, 0.1) is 25.0 Å². The van der Waals surface area contributed by atoms with Gasteiger partial charge in [-0.15, -0.1) is 0 Å². The monoisotopic (exact) mass is 235 g/mol. The van der Waals surface area contributed by atoms with Gasteiger partial charge in [0.2, 0.25) is 0 Å². The molecule has 1 heterocycles. The smallest absolute Gasteiger partial charge is 0.306 e. The summed E-state index contributed by atoms with van der Waals surface area (Å²) in [4.78, 5) is 10.8. The van der Waals surface area contributed by atoms with Crippen molar-refractivity contribution < 1.29 is 17.9 Å². The van der Waals surface area contributed by atoms with Gasteiger partial charge in [0.15, 0.2) is 9.84 Å². The summed E-state index contributed by atoms with van der Waals surface area (Å²) in [7, 11) is -1.88. The molecular formula is C9H17NO4S. The summed E-state index contributed by atoms with van der Waals surface area (Å²) in [5.74, 6) is -0.458. The zero-order valence-electron chi connectivity index (χ0n) is 8.86. The Labute approximate surface area is 90.1 Å². The average molecular weight is 235 g/mol. The number of sulfone groups is 1. The maximum Gasteiger partial charge on any atom is 0.306 e. The molecule has 0 radical (unpaired) electrons. The van der Waals surface area contributed by atoms with Gasteiger partial charge in [-0.05, 0) is 19.4 Å². The molecule has 0 unspecified atom stereocenters. The molecule has 0 aromatic heterocycles. The SMILES string of the molecule is COC(=O)CCS(=O)(=O)C[C@@H]1CCCN1. The van der Waals surface area contributed by atoms with E-state index in [0.717, 1.165) is 19.4 Å². The highest BCUT2D eigenvalue weighted by atomic mass is 32.2. The second kappa shape index (κ2) is 5.46. The Morgan fingerprint density at radius 2 is 2.27 bits per heavy atom. The first kappa shape index (κ1) is 12.4. The molecule has 1 rings (SSSR count). The summed E-state index contributed by atoms with van der Waals surface area (Å²) in [6.07, 6.45) is 1.88. The summed E-state index contributed by atoms with van der Waals surface area (Å²) in [6, 6.07) is 0.0626. The number of hydrogen-bond donors (Lipinski definition) is 1. The summed E-state index contributed by atoms with van der Waals surface area (Å²) >= 11 is 0. The lowest BCUT2D eigenvalue weighted by Gasteiger charge is -2.10. The minimum absolute atomic E-state index is 0.0500. The maximum atomic E-state index is 11.6. The highest BCUT2D eigenvalue weighted by Gasteiger charge is 2.22. The molecule has 0 amide bonds. The second-order valence-corrected chi connectivity index (χ2v) is 5.96.